The molecule has 0 spiro atoms. The van der Waals surface area contributed by atoms with Crippen molar-refractivity contribution in [3.63, 3.8) is 0 Å². The van der Waals surface area contributed by atoms with Crippen LogP contribution in [0.15, 0.2) is 0 Å². The molecule has 0 saturated heterocycles. The standard InChI is InChI=1S/C16H21ClO11/c1-6(18)11(23)13(25,7(2)19)15(27,9(4)21)16(28,10(5)22)14(26,8(3)20)12(17)24/h11,23,25-28H,1-5H3/t11?,13-,14+,15-,16-/m1/s1. The molecule has 0 rings (SSSR count). The van der Waals surface area contributed by atoms with Gasteiger partial charge >= 0.3 is 0 Å². The Balaban J connectivity index is 7.76. The summed E-state index contributed by atoms with van der Waals surface area (Å²) in [6.45, 7) is 2.32. The minimum absolute atomic E-state index is 0.391. The van der Waals surface area contributed by atoms with E-state index >= 15 is 0 Å². The third-order valence-corrected chi connectivity index (χ3v) is 5.00. The molecular formula is C16H21ClO11. The van der Waals surface area contributed by atoms with E-state index < -0.39 is 62.7 Å². The van der Waals surface area contributed by atoms with Crippen LogP contribution in [0.4, 0.5) is 0 Å². The summed E-state index contributed by atoms with van der Waals surface area (Å²) >= 11 is 5.15. The number of carbonyl (C=O) groups is 6. The minimum Gasteiger partial charge on any atom is -0.382 e. The zero-order chi connectivity index (χ0) is 23.0. The summed E-state index contributed by atoms with van der Waals surface area (Å²) in [5.74, 6) is -8.62. The molecule has 1 unspecified atom stereocenters. The first kappa shape index (κ1) is 26.1. The Bertz CT molecular complexity index is 746. The van der Waals surface area contributed by atoms with Crippen LogP contribution in [0, 0.1) is 0 Å². The van der Waals surface area contributed by atoms with Crippen LogP contribution in [0.5, 0.6) is 0 Å². The highest BCUT2D eigenvalue weighted by molar-refractivity contribution is 6.68. The predicted molar refractivity (Wildman–Crippen MR) is 90.1 cm³/mol. The molecule has 11 nitrogen and oxygen atoms in total. The molecular weight excluding hydrogens is 404 g/mol. The van der Waals surface area contributed by atoms with E-state index in [0.29, 0.717) is 34.6 Å². The molecule has 0 radical (unpaired) electrons. The zero-order valence-electron chi connectivity index (χ0n) is 15.6. The molecule has 0 heterocycles. The minimum atomic E-state index is -4.28. The lowest BCUT2D eigenvalue weighted by atomic mass is 9.57. The molecule has 0 aliphatic carbocycles. The maximum Gasteiger partial charge on any atom is 0.264 e. The highest BCUT2D eigenvalue weighted by atomic mass is 35.5. The Labute approximate surface area is 163 Å². The molecule has 158 valence electrons. The van der Waals surface area contributed by atoms with Crippen LogP contribution in [-0.2, 0) is 28.8 Å². The third-order valence-electron chi connectivity index (χ3n) is 4.73. The van der Waals surface area contributed by atoms with E-state index in [1.807, 2.05) is 0 Å². The Kier molecular flexibility index (Phi) is 7.32. The summed E-state index contributed by atoms with van der Waals surface area (Å²) in [6, 6.07) is 0. The molecule has 0 fully saturated rings. The van der Waals surface area contributed by atoms with Crippen molar-refractivity contribution in [3.8, 4) is 0 Å². The summed E-state index contributed by atoms with van der Waals surface area (Å²) in [7, 11) is 0. The number of Topliss-reactive ketones (excluding diaryl/α,β-unsaturated/α-hetero) is 5. The second-order valence-corrected chi connectivity index (χ2v) is 6.75. The van der Waals surface area contributed by atoms with Gasteiger partial charge in [-0.3, -0.25) is 28.8 Å². The van der Waals surface area contributed by atoms with Crippen LogP contribution in [0.1, 0.15) is 34.6 Å². The van der Waals surface area contributed by atoms with Crippen molar-refractivity contribution >= 4 is 45.8 Å². The van der Waals surface area contributed by atoms with Crippen LogP contribution in [0.3, 0.4) is 0 Å². The molecule has 5 atom stereocenters. The second-order valence-electron chi connectivity index (χ2n) is 6.41. The van der Waals surface area contributed by atoms with Crippen molar-refractivity contribution in [2.45, 2.75) is 63.1 Å². The average molecular weight is 425 g/mol. The van der Waals surface area contributed by atoms with E-state index in [1.165, 1.54) is 0 Å². The first-order valence-electron chi connectivity index (χ1n) is 7.64. The quantitative estimate of drug-likeness (QED) is 0.176. The summed E-state index contributed by atoms with van der Waals surface area (Å²) in [5, 5.41) is 51.1. The predicted octanol–water partition coefficient (Wildman–Crippen LogP) is -3.02. The van der Waals surface area contributed by atoms with Gasteiger partial charge in [0.15, 0.2) is 40.6 Å². The third kappa shape index (κ3) is 3.04. The van der Waals surface area contributed by atoms with Crippen LogP contribution >= 0.6 is 11.6 Å². The smallest absolute Gasteiger partial charge is 0.264 e. The fraction of sp³-hybridized carbons (Fsp3) is 0.625. The molecule has 0 aliphatic heterocycles. The van der Waals surface area contributed by atoms with Crippen molar-refractivity contribution in [2.24, 2.45) is 0 Å². The maximum atomic E-state index is 12.3. The van der Waals surface area contributed by atoms with E-state index in [1.54, 1.807) is 0 Å². The Morgan fingerprint density at radius 2 is 1.04 bits per heavy atom. The molecule has 28 heavy (non-hydrogen) atoms. The highest BCUT2D eigenvalue weighted by Crippen LogP contribution is 2.45. The number of halogens is 1. The summed E-state index contributed by atoms with van der Waals surface area (Å²) in [5.41, 5.74) is -16.6. The van der Waals surface area contributed by atoms with Gasteiger partial charge in [0, 0.05) is 0 Å². The number of hydrogen-bond acceptors (Lipinski definition) is 11. The number of ketones is 5. The van der Waals surface area contributed by atoms with Gasteiger partial charge in [0.05, 0.1) is 0 Å². The lowest BCUT2D eigenvalue weighted by Crippen LogP contribution is -2.86. The lowest BCUT2D eigenvalue weighted by molar-refractivity contribution is -0.270. The summed E-state index contributed by atoms with van der Waals surface area (Å²) in [4.78, 5) is 72.0. The lowest BCUT2D eigenvalue weighted by Gasteiger charge is -2.53. The highest BCUT2D eigenvalue weighted by Gasteiger charge is 2.80. The first-order valence-corrected chi connectivity index (χ1v) is 8.02. The molecule has 0 aromatic carbocycles. The summed E-state index contributed by atoms with van der Waals surface area (Å²) < 4.78 is 0. The second kappa shape index (κ2) is 7.85. The van der Waals surface area contributed by atoms with Gasteiger partial charge in [0.1, 0.15) is 0 Å². The Morgan fingerprint density at radius 3 is 1.21 bits per heavy atom. The summed E-state index contributed by atoms with van der Waals surface area (Å²) in [6.07, 6.45) is -2.92. The number of hydrogen-bond donors (Lipinski definition) is 5. The molecule has 12 heteroatoms. The fourth-order valence-corrected chi connectivity index (χ4v) is 3.31. The largest absolute Gasteiger partial charge is 0.382 e. The first-order chi connectivity index (χ1) is 12.3. The van der Waals surface area contributed by atoms with Crippen LogP contribution in [0.25, 0.3) is 0 Å². The van der Waals surface area contributed by atoms with E-state index in [0.717, 1.165) is 0 Å². The SMILES string of the molecule is CC(=O)C(O)[C@](O)(C(C)=O)[C@](O)(C(C)=O)[C@@](O)(C(C)=O)[C@](O)(C(C)=O)C(=O)Cl. The molecule has 0 aromatic rings. The van der Waals surface area contributed by atoms with Crippen molar-refractivity contribution in [3.05, 3.63) is 0 Å². The average Bonchev–Trinajstić information content (AvgIpc) is 2.56. The Hall–Kier alpha value is -1.89. The fourth-order valence-electron chi connectivity index (χ4n) is 3.04. The Morgan fingerprint density at radius 1 is 0.679 bits per heavy atom. The normalized spacial score (nSPS) is 21.1. The molecule has 0 aliphatic rings. The van der Waals surface area contributed by atoms with Gasteiger partial charge in [-0.05, 0) is 46.2 Å². The van der Waals surface area contributed by atoms with E-state index in [4.69, 9.17) is 11.6 Å². The maximum absolute atomic E-state index is 12.3. The van der Waals surface area contributed by atoms with Crippen molar-refractivity contribution in [1.82, 2.24) is 0 Å². The van der Waals surface area contributed by atoms with Crippen molar-refractivity contribution in [1.29, 1.82) is 0 Å². The van der Waals surface area contributed by atoms with Gasteiger partial charge < -0.3 is 25.5 Å². The molecule has 5 N–H and O–H groups in total. The van der Waals surface area contributed by atoms with Gasteiger partial charge in [-0.2, -0.15) is 0 Å². The number of carbonyl (C=O) groups excluding carboxylic acids is 6. The van der Waals surface area contributed by atoms with Gasteiger partial charge in [0.25, 0.3) is 5.24 Å². The zero-order valence-corrected chi connectivity index (χ0v) is 16.4. The van der Waals surface area contributed by atoms with Gasteiger partial charge in [-0.15, -0.1) is 0 Å². The van der Waals surface area contributed by atoms with Gasteiger partial charge in [-0.25, -0.2) is 0 Å². The van der Waals surface area contributed by atoms with E-state index in [9.17, 15) is 54.3 Å². The van der Waals surface area contributed by atoms with Crippen LogP contribution in [-0.4, -0.2) is 88.2 Å². The van der Waals surface area contributed by atoms with Crippen LogP contribution < -0.4 is 0 Å². The molecule has 0 amide bonds. The van der Waals surface area contributed by atoms with Crippen molar-refractivity contribution in [2.75, 3.05) is 0 Å². The number of aliphatic hydroxyl groups is 5. The molecule has 0 saturated carbocycles. The van der Waals surface area contributed by atoms with E-state index in [-0.39, 0.29) is 0 Å². The molecule has 0 bridgehead atoms. The molecule has 0 aromatic heterocycles. The number of aliphatic hydroxyl groups excluding tert-OH is 1. The number of rotatable bonds is 10. The van der Waals surface area contributed by atoms with Gasteiger partial charge in [-0.1, -0.05) is 0 Å². The topological polar surface area (TPSA) is 204 Å². The monoisotopic (exact) mass is 424 g/mol. The van der Waals surface area contributed by atoms with Crippen molar-refractivity contribution < 1.29 is 54.3 Å². The van der Waals surface area contributed by atoms with E-state index in [2.05, 4.69) is 0 Å². The van der Waals surface area contributed by atoms with Crippen LogP contribution in [0.2, 0.25) is 0 Å². The van der Waals surface area contributed by atoms with Gasteiger partial charge in [0.2, 0.25) is 16.8 Å².